The summed E-state index contributed by atoms with van der Waals surface area (Å²) < 4.78 is 6.24. The molecule has 3 aliphatic rings. The lowest BCUT2D eigenvalue weighted by molar-refractivity contribution is -0.151. The van der Waals surface area contributed by atoms with Crippen molar-refractivity contribution in [3.63, 3.8) is 0 Å². The molecule has 1 nitrogen and oxygen atoms in total. The maximum atomic E-state index is 6.24. The molecule has 0 spiro atoms. The van der Waals surface area contributed by atoms with Gasteiger partial charge in [-0.15, -0.1) is 0 Å². The van der Waals surface area contributed by atoms with Gasteiger partial charge in [0.05, 0.1) is 12.2 Å². The number of hydrogen-bond donors (Lipinski definition) is 0. The predicted molar refractivity (Wildman–Crippen MR) is 75.5 cm³/mol. The highest BCUT2D eigenvalue weighted by molar-refractivity contribution is 5.11. The molecule has 0 aromatic heterocycles. The fraction of sp³-hybridized carbons (Fsp3) is 1.00. The third-order valence-electron chi connectivity index (χ3n) is 6.82. The number of ether oxygens (including phenoxy) is 1. The van der Waals surface area contributed by atoms with E-state index in [2.05, 4.69) is 34.6 Å². The summed E-state index contributed by atoms with van der Waals surface area (Å²) in [6, 6.07) is 0. The van der Waals surface area contributed by atoms with Gasteiger partial charge in [0, 0.05) is 0 Å². The lowest BCUT2D eigenvalue weighted by Crippen LogP contribution is -2.57. The first-order valence-electron chi connectivity index (χ1n) is 7.94. The summed E-state index contributed by atoms with van der Waals surface area (Å²) in [6.07, 6.45) is 6.93. The molecule has 104 valence electrons. The third kappa shape index (κ3) is 1.55. The molecule has 0 N–H and O–H groups in total. The average Bonchev–Trinajstić information content (AvgIpc) is 2.54. The monoisotopic (exact) mass is 250 g/mol. The molecular formula is C17H30O. The highest BCUT2D eigenvalue weighted by Crippen LogP contribution is 2.65. The van der Waals surface area contributed by atoms with Crippen LogP contribution in [0.4, 0.5) is 0 Å². The summed E-state index contributed by atoms with van der Waals surface area (Å²) in [5.41, 5.74) is 1.24. The van der Waals surface area contributed by atoms with Gasteiger partial charge < -0.3 is 4.74 Å². The van der Waals surface area contributed by atoms with Crippen molar-refractivity contribution in [1.82, 2.24) is 0 Å². The first kappa shape index (κ1) is 13.0. The van der Waals surface area contributed by atoms with E-state index < -0.39 is 0 Å². The van der Waals surface area contributed by atoms with Crippen LogP contribution in [0.15, 0.2) is 0 Å². The molecule has 1 heterocycles. The van der Waals surface area contributed by atoms with Crippen LogP contribution < -0.4 is 0 Å². The second-order valence-corrected chi connectivity index (χ2v) is 8.52. The standard InChI is InChI=1S/C17H30O/c1-12-11-18-17(5)10-7-13-15(2,3)8-6-9-16(13,4)14(12)17/h12-14H,6-11H2,1-5H3/t12-,13+,14-,16+,17-/m1/s1. The second kappa shape index (κ2) is 3.75. The summed E-state index contributed by atoms with van der Waals surface area (Å²) in [7, 11) is 0. The molecule has 0 radical (unpaired) electrons. The lowest BCUT2D eigenvalue weighted by atomic mass is 9.44. The maximum Gasteiger partial charge on any atom is 0.0691 e. The van der Waals surface area contributed by atoms with E-state index in [0.29, 0.717) is 10.8 Å². The molecule has 1 saturated heterocycles. The van der Waals surface area contributed by atoms with Gasteiger partial charge >= 0.3 is 0 Å². The Morgan fingerprint density at radius 2 is 1.72 bits per heavy atom. The Morgan fingerprint density at radius 1 is 1.00 bits per heavy atom. The van der Waals surface area contributed by atoms with Gasteiger partial charge in [-0.1, -0.05) is 34.1 Å². The molecular weight excluding hydrogens is 220 g/mol. The molecule has 2 saturated carbocycles. The molecule has 3 rings (SSSR count). The molecule has 1 aliphatic heterocycles. The zero-order valence-corrected chi connectivity index (χ0v) is 12.9. The maximum absolute atomic E-state index is 6.24. The fourth-order valence-corrected chi connectivity index (χ4v) is 6.37. The Bertz CT molecular complexity index is 348. The Balaban J connectivity index is 2.01. The van der Waals surface area contributed by atoms with Crippen LogP contribution in [0.1, 0.15) is 66.7 Å². The number of fused-ring (bicyclic) bond motifs is 3. The molecule has 0 aromatic carbocycles. The smallest absolute Gasteiger partial charge is 0.0691 e. The SMILES string of the molecule is C[C@@H]1CO[C@]2(C)CC[C@H]3C(C)(C)CCC[C@]3(C)[C@@H]12. The van der Waals surface area contributed by atoms with Gasteiger partial charge in [-0.2, -0.15) is 0 Å². The minimum Gasteiger partial charge on any atom is -0.375 e. The summed E-state index contributed by atoms with van der Waals surface area (Å²) in [4.78, 5) is 0. The van der Waals surface area contributed by atoms with E-state index in [9.17, 15) is 0 Å². The summed E-state index contributed by atoms with van der Waals surface area (Å²) in [5, 5.41) is 0. The quantitative estimate of drug-likeness (QED) is 0.608. The van der Waals surface area contributed by atoms with Crippen LogP contribution in [-0.2, 0) is 4.74 Å². The van der Waals surface area contributed by atoms with Crippen LogP contribution in [0.2, 0.25) is 0 Å². The van der Waals surface area contributed by atoms with Crippen LogP contribution in [-0.4, -0.2) is 12.2 Å². The van der Waals surface area contributed by atoms with E-state index in [1.807, 2.05) is 0 Å². The Hall–Kier alpha value is -0.0400. The largest absolute Gasteiger partial charge is 0.375 e. The van der Waals surface area contributed by atoms with E-state index in [-0.39, 0.29) is 5.60 Å². The van der Waals surface area contributed by atoms with Crippen molar-refractivity contribution < 1.29 is 4.74 Å². The fourth-order valence-electron chi connectivity index (χ4n) is 6.37. The lowest BCUT2D eigenvalue weighted by Gasteiger charge is -2.61. The van der Waals surface area contributed by atoms with E-state index in [1.54, 1.807) is 0 Å². The molecule has 0 aromatic rings. The number of rotatable bonds is 0. The Morgan fingerprint density at radius 3 is 2.44 bits per heavy atom. The van der Waals surface area contributed by atoms with Gasteiger partial charge in [0.1, 0.15) is 0 Å². The molecule has 0 unspecified atom stereocenters. The van der Waals surface area contributed by atoms with E-state index in [4.69, 9.17) is 4.74 Å². The third-order valence-corrected chi connectivity index (χ3v) is 6.82. The molecule has 0 amide bonds. The molecule has 3 fully saturated rings. The van der Waals surface area contributed by atoms with Crippen molar-refractivity contribution in [2.75, 3.05) is 6.61 Å². The summed E-state index contributed by atoms with van der Waals surface area (Å²) >= 11 is 0. The Labute approximate surface area is 113 Å². The van der Waals surface area contributed by atoms with E-state index in [1.165, 1.54) is 32.1 Å². The van der Waals surface area contributed by atoms with Crippen LogP contribution in [0.25, 0.3) is 0 Å². The van der Waals surface area contributed by atoms with E-state index in [0.717, 1.165) is 24.4 Å². The highest BCUT2D eigenvalue weighted by atomic mass is 16.5. The Kier molecular flexibility index (Phi) is 2.70. The van der Waals surface area contributed by atoms with Crippen LogP contribution >= 0.6 is 0 Å². The number of hydrogen-bond acceptors (Lipinski definition) is 1. The van der Waals surface area contributed by atoms with Crippen molar-refractivity contribution in [3.05, 3.63) is 0 Å². The van der Waals surface area contributed by atoms with Crippen LogP contribution in [0.5, 0.6) is 0 Å². The van der Waals surface area contributed by atoms with Crippen molar-refractivity contribution in [2.24, 2.45) is 28.6 Å². The van der Waals surface area contributed by atoms with Gasteiger partial charge in [0.2, 0.25) is 0 Å². The molecule has 1 heteroatoms. The average molecular weight is 250 g/mol. The molecule has 0 bridgehead atoms. The normalized spacial score (nSPS) is 54.8. The van der Waals surface area contributed by atoms with E-state index >= 15 is 0 Å². The topological polar surface area (TPSA) is 9.23 Å². The van der Waals surface area contributed by atoms with Gasteiger partial charge in [-0.05, 0) is 61.2 Å². The highest BCUT2D eigenvalue weighted by Gasteiger charge is 2.62. The molecule has 5 atom stereocenters. The zero-order valence-electron chi connectivity index (χ0n) is 12.9. The van der Waals surface area contributed by atoms with Gasteiger partial charge in [0.15, 0.2) is 0 Å². The first-order chi connectivity index (χ1) is 8.30. The summed E-state index contributed by atoms with van der Waals surface area (Å²) in [6.45, 7) is 13.4. The van der Waals surface area contributed by atoms with Crippen molar-refractivity contribution in [1.29, 1.82) is 0 Å². The van der Waals surface area contributed by atoms with Crippen molar-refractivity contribution in [2.45, 2.75) is 72.3 Å². The van der Waals surface area contributed by atoms with Gasteiger partial charge in [0.25, 0.3) is 0 Å². The minimum absolute atomic E-state index is 0.179. The van der Waals surface area contributed by atoms with Crippen LogP contribution in [0.3, 0.4) is 0 Å². The minimum atomic E-state index is 0.179. The molecule has 2 aliphatic carbocycles. The van der Waals surface area contributed by atoms with Gasteiger partial charge in [-0.3, -0.25) is 0 Å². The van der Waals surface area contributed by atoms with Crippen molar-refractivity contribution in [3.8, 4) is 0 Å². The predicted octanol–water partition coefficient (Wildman–Crippen LogP) is 4.65. The molecule has 18 heavy (non-hydrogen) atoms. The van der Waals surface area contributed by atoms with Crippen LogP contribution in [0, 0.1) is 28.6 Å². The second-order valence-electron chi connectivity index (χ2n) is 8.52. The zero-order chi connectivity index (χ0) is 13.2. The first-order valence-corrected chi connectivity index (χ1v) is 7.94. The summed E-state index contributed by atoms with van der Waals surface area (Å²) in [5.74, 6) is 2.43. The van der Waals surface area contributed by atoms with Gasteiger partial charge in [-0.25, -0.2) is 0 Å². The van der Waals surface area contributed by atoms with Crippen molar-refractivity contribution >= 4 is 0 Å².